The van der Waals surface area contributed by atoms with Crippen molar-refractivity contribution in [3.63, 3.8) is 0 Å². The molecule has 22 heavy (non-hydrogen) atoms. The molecular formula is C16H28Cl2N4. The van der Waals surface area contributed by atoms with Gasteiger partial charge in [0.05, 0.1) is 5.69 Å². The maximum absolute atomic E-state index is 4.52. The fraction of sp³-hybridized carbons (Fsp3) is 0.750. The van der Waals surface area contributed by atoms with E-state index in [-0.39, 0.29) is 24.8 Å². The molecule has 4 nitrogen and oxygen atoms in total. The molecule has 0 atom stereocenters. The molecule has 0 amide bonds. The number of nitrogens with one attached hydrogen (secondary N) is 1. The second-order valence-corrected chi connectivity index (χ2v) is 6.30. The molecular weight excluding hydrogens is 319 g/mol. The molecule has 0 aromatic carbocycles. The lowest BCUT2D eigenvalue weighted by molar-refractivity contribution is 0.125. The first-order valence-corrected chi connectivity index (χ1v) is 8.03. The number of halogens is 2. The summed E-state index contributed by atoms with van der Waals surface area (Å²) in [5.41, 5.74) is 1.16. The Bertz CT molecular complexity index is 430. The summed E-state index contributed by atoms with van der Waals surface area (Å²) in [7, 11) is 0. The van der Waals surface area contributed by atoms with E-state index in [0.29, 0.717) is 0 Å². The van der Waals surface area contributed by atoms with Gasteiger partial charge in [-0.1, -0.05) is 0 Å². The predicted octanol–water partition coefficient (Wildman–Crippen LogP) is 2.84. The highest BCUT2D eigenvalue weighted by Gasteiger charge is 2.27. The van der Waals surface area contributed by atoms with Gasteiger partial charge in [0.25, 0.3) is 0 Å². The maximum atomic E-state index is 4.52. The second kappa shape index (κ2) is 9.66. The van der Waals surface area contributed by atoms with Gasteiger partial charge in [0, 0.05) is 12.7 Å². The molecule has 1 N–H and O–H groups in total. The van der Waals surface area contributed by atoms with Crippen LogP contribution in [-0.2, 0) is 6.54 Å². The first kappa shape index (κ1) is 19.6. The van der Waals surface area contributed by atoms with Gasteiger partial charge in [-0.3, -0.25) is 4.90 Å². The van der Waals surface area contributed by atoms with Gasteiger partial charge in [-0.2, -0.15) is 0 Å². The molecule has 126 valence electrons. The van der Waals surface area contributed by atoms with Crippen LogP contribution >= 0.6 is 24.8 Å². The Morgan fingerprint density at radius 1 is 1.09 bits per heavy atom. The third-order valence-corrected chi connectivity index (χ3v) is 4.90. The van der Waals surface area contributed by atoms with Crippen LogP contribution in [0.2, 0.25) is 0 Å². The Balaban J connectivity index is 0.00000121. The van der Waals surface area contributed by atoms with Crippen LogP contribution in [0.4, 0.5) is 0 Å². The molecule has 1 aromatic heterocycles. The molecule has 0 radical (unpaired) electrons. The Morgan fingerprint density at radius 3 is 2.36 bits per heavy atom. The highest BCUT2D eigenvalue weighted by atomic mass is 35.5. The fourth-order valence-corrected chi connectivity index (χ4v) is 3.72. The number of likely N-dealkylation sites (tertiary alicyclic amines) is 1. The summed E-state index contributed by atoms with van der Waals surface area (Å²) in [6, 6.07) is 2.05. The van der Waals surface area contributed by atoms with Crippen LogP contribution in [0.5, 0.6) is 0 Å². The van der Waals surface area contributed by atoms with E-state index < -0.39 is 0 Å². The minimum absolute atomic E-state index is 0. The van der Waals surface area contributed by atoms with Gasteiger partial charge in [0.1, 0.15) is 5.82 Å². The zero-order chi connectivity index (χ0) is 13.8. The van der Waals surface area contributed by atoms with Crippen molar-refractivity contribution in [3.05, 3.63) is 23.8 Å². The minimum Gasteiger partial charge on any atom is -0.317 e. The number of rotatable bonds is 3. The van der Waals surface area contributed by atoms with Crippen LogP contribution in [0.3, 0.4) is 0 Å². The molecule has 0 bridgehead atoms. The van der Waals surface area contributed by atoms with Crippen molar-refractivity contribution in [1.29, 1.82) is 0 Å². The van der Waals surface area contributed by atoms with Crippen LogP contribution in [0.15, 0.2) is 12.3 Å². The molecule has 3 heterocycles. The summed E-state index contributed by atoms with van der Waals surface area (Å²) in [6.07, 6.45) is 7.38. The van der Waals surface area contributed by atoms with Crippen molar-refractivity contribution < 1.29 is 0 Å². The molecule has 0 saturated carbocycles. The van der Waals surface area contributed by atoms with Gasteiger partial charge in [0.2, 0.25) is 0 Å². The summed E-state index contributed by atoms with van der Waals surface area (Å²) in [5, 5.41) is 3.48. The lowest BCUT2D eigenvalue weighted by Crippen LogP contribution is -2.39. The lowest BCUT2D eigenvalue weighted by Gasteiger charge is -2.37. The maximum Gasteiger partial charge on any atom is 0.125 e. The topological polar surface area (TPSA) is 41.1 Å². The zero-order valence-corrected chi connectivity index (χ0v) is 15.0. The van der Waals surface area contributed by atoms with Crippen molar-refractivity contribution in [1.82, 2.24) is 20.2 Å². The average molecular weight is 347 g/mol. The normalized spacial score (nSPS) is 21.0. The number of hydrogen-bond donors (Lipinski definition) is 1. The molecule has 0 spiro atoms. The number of aromatic nitrogens is 2. The summed E-state index contributed by atoms with van der Waals surface area (Å²) >= 11 is 0. The van der Waals surface area contributed by atoms with Crippen LogP contribution < -0.4 is 5.32 Å². The number of nitrogens with zero attached hydrogens (tertiary/aromatic N) is 3. The number of aryl methyl sites for hydroxylation is 1. The monoisotopic (exact) mass is 346 g/mol. The summed E-state index contributed by atoms with van der Waals surface area (Å²) < 4.78 is 0. The van der Waals surface area contributed by atoms with Crippen molar-refractivity contribution in [2.24, 2.45) is 11.8 Å². The van der Waals surface area contributed by atoms with E-state index >= 15 is 0 Å². The Morgan fingerprint density at radius 2 is 1.73 bits per heavy atom. The quantitative estimate of drug-likeness (QED) is 0.913. The van der Waals surface area contributed by atoms with Crippen molar-refractivity contribution >= 4 is 24.8 Å². The van der Waals surface area contributed by atoms with E-state index in [2.05, 4.69) is 20.2 Å². The van der Waals surface area contributed by atoms with Crippen LogP contribution in [-0.4, -0.2) is 41.0 Å². The smallest absolute Gasteiger partial charge is 0.125 e. The van der Waals surface area contributed by atoms with Gasteiger partial charge in [-0.05, 0) is 76.7 Å². The summed E-state index contributed by atoms with van der Waals surface area (Å²) in [5.74, 6) is 2.81. The third kappa shape index (κ3) is 5.34. The fourth-order valence-electron chi connectivity index (χ4n) is 3.72. The molecule has 3 rings (SSSR count). The highest BCUT2D eigenvalue weighted by Crippen LogP contribution is 2.31. The minimum atomic E-state index is 0. The Kier molecular flexibility index (Phi) is 8.62. The molecule has 6 heteroatoms. The lowest BCUT2D eigenvalue weighted by atomic mass is 9.79. The van der Waals surface area contributed by atoms with Gasteiger partial charge < -0.3 is 5.32 Å². The van der Waals surface area contributed by atoms with Crippen molar-refractivity contribution in [2.45, 2.75) is 39.2 Å². The first-order chi connectivity index (χ1) is 9.81. The summed E-state index contributed by atoms with van der Waals surface area (Å²) in [4.78, 5) is 11.2. The van der Waals surface area contributed by atoms with E-state index in [9.17, 15) is 0 Å². The van der Waals surface area contributed by atoms with E-state index in [4.69, 9.17) is 0 Å². The van der Waals surface area contributed by atoms with Crippen molar-refractivity contribution in [3.8, 4) is 0 Å². The molecule has 2 fully saturated rings. The number of hydrogen-bond acceptors (Lipinski definition) is 4. The van der Waals surface area contributed by atoms with Crippen LogP contribution in [0.25, 0.3) is 0 Å². The molecule has 2 aliphatic rings. The first-order valence-electron chi connectivity index (χ1n) is 8.03. The molecule has 0 aliphatic carbocycles. The molecule has 2 saturated heterocycles. The van der Waals surface area contributed by atoms with E-state index in [1.807, 2.05) is 19.2 Å². The van der Waals surface area contributed by atoms with E-state index in [0.717, 1.165) is 29.9 Å². The average Bonchev–Trinajstić information content (AvgIpc) is 2.49. The van der Waals surface area contributed by atoms with Crippen molar-refractivity contribution in [2.75, 3.05) is 26.2 Å². The van der Waals surface area contributed by atoms with E-state index in [1.54, 1.807) is 0 Å². The van der Waals surface area contributed by atoms with Gasteiger partial charge in [-0.25, -0.2) is 9.97 Å². The standard InChI is InChI=1S/C16H26N4.2ClH/c1-13-18-9-4-16(19-13)12-20-10-5-15(6-11-20)14-2-7-17-8-3-14;;/h4,9,14-15,17H,2-3,5-8,10-12H2,1H3;2*1H. The predicted molar refractivity (Wildman–Crippen MR) is 94.9 cm³/mol. The van der Waals surface area contributed by atoms with Crippen LogP contribution in [0.1, 0.15) is 37.2 Å². The molecule has 0 unspecified atom stereocenters. The SMILES string of the molecule is Cc1nccc(CN2CCC(C3CCNCC3)CC2)n1.Cl.Cl. The van der Waals surface area contributed by atoms with E-state index in [1.165, 1.54) is 51.9 Å². The third-order valence-electron chi connectivity index (χ3n) is 4.90. The highest BCUT2D eigenvalue weighted by molar-refractivity contribution is 5.85. The second-order valence-electron chi connectivity index (χ2n) is 6.30. The number of piperidine rings is 2. The van der Waals surface area contributed by atoms with Gasteiger partial charge in [0.15, 0.2) is 0 Å². The van der Waals surface area contributed by atoms with Gasteiger partial charge in [-0.15, -0.1) is 24.8 Å². The Labute approximate surface area is 146 Å². The molecule has 2 aliphatic heterocycles. The van der Waals surface area contributed by atoms with Gasteiger partial charge >= 0.3 is 0 Å². The van der Waals surface area contributed by atoms with Crippen LogP contribution in [0, 0.1) is 18.8 Å². The Hall–Kier alpha value is -0.420. The largest absolute Gasteiger partial charge is 0.317 e. The zero-order valence-electron chi connectivity index (χ0n) is 13.3. The molecule has 1 aromatic rings. The summed E-state index contributed by atoms with van der Waals surface area (Å²) in [6.45, 7) is 7.88.